The molecule has 1 aliphatic carbocycles. The molecule has 3 nitrogen and oxygen atoms in total. The van der Waals surface area contributed by atoms with E-state index in [0.29, 0.717) is 13.0 Å². The summed E-state index contributed by atoms with van der Waals surface area (Å²) in [5, 5.41) is 4.18. The molecule has 1 aliphatic rings. The van der Waals surface area contributed by atoms with Gasteiger partial charge in [0, 0.05) is 24.0 Å². The Hall–Kier alpha value is -1.06. The van der Waals surface area contributed by atoms with E-state index in [-0.39, 0.29) is 17.4 Å². The fraction of sp³-hybridized carbons (Fsp3) is 0.500. The van der Waals surface area contributed by atoms with Gasteiger partial charge in [-0.15, -0.1) is 0 Å². The van der Waals surface area contributed by atoms with Crippen LogP contribution in [0.3, 0.4) is 0 Å². The number of fused-ring (bicyclic) bond motifs is 1. The molecule has 1 aromatic rings. The molecular formula is C14H19ClN2O. The summed E-state index contributed by atoms with van der Waals surface area (Å²) in [4.78, 5) is 10.8. The summed E-state index contributed by atoms with van der Waals surface area (Å²) in [6, 6.07) is 6.27. The van der Waals surface area contributed by atoms with Crippen LogP contribution in [0.2, 0.25) is 5.02 Å². The second-order valence-electron chi connectivity index (χ2n) is 5.61. The number of rotatable bonds is 4. The van der Waals surface area contributed by atoms with Gasteiger partial charge in [-0.1, -0.05) is 31.5 Å². The molecule has 0 radical (unpaired) electrons. The normalized spacial score (nSPS) is 20.7. The average molecular weight is 267 g/mol. The van der Waals surface area contributed by atoms with Crippen LogP contribution in [0.1, 0.15) is 37.4 Å². The lowest BCUT2D eigenvalue weighted by Crippen LogP contribution is -2.33. The zero-order chi connectivity index (χ0) is 13.3. The Bertz CT molecular complexity index is 471. The van der Waals surface area contributed by atoms with Crippen molar-refractivity contribution in [3.63, 3.8) is 0 Å². The topological polar surface area (TPSA) is 55.1 Å². The highest BCUT2D eigenvalue weighted by molar-refractivity contribution is 6.30. The van der Waals surface area contributed by atoms with E-state index >= 15 is 0 Å². The van der Waals surface area contributed by atoms with E-state index in [4.69, 9.17) is 17.3 Å². The predicted octanol–water partition coefficient (Wildman–Crippen LogP) is 2.43. The van der Waals surface area contributed by atoms with E-state index in [1.807, 2.05) is 12.1 Å². The molecule has 2 rings (SSSR count). The van der Waals surface area contributed by atoms with Crippen molar-refractivity contribution in [2.75, 3.05) is 6.54 Å². The molecule has 1 unspecified atom stereocenters. The number of benzene rings is 1. The van der Waals surface area contributed by atoms with E-state index < -0.39 is 0 Å². The Morgan fingerprint density at radius 2 is 2.28 bits per heavy atom. The summed E-state index contributed by atoms with van der Waals surface area (Å²) in [7, 11) is 0. The number of carbonyl (C=O) groups is 1. The van der Waals surface area contributed by atoms with Gasteiger partial charge in [-0.05, 0) is 35.1 Å². The van der Waals surface area contributed by atoms with Crippen molar-refractivity contribution in [3.05, 3.63) is 34.3 Å². The molecule has 0 aliphatic heterocycles. The number of carbonyl (C=O) groups excluding carboxylic acids is 1. The monoisotopic (exact) mass is 266 g/mol. The third kappa shape index (κ3) is 2.68. The molecule has 0 fully saturated rings. The van der Waals surface area contributed by atoms with Crippen molar-refractivity contribution >= 4 is 17.5 Å². The summed E-state index contributed by atoms with van der Waals surface area (Å²) < 4.78 is 0. The molecular weight excluding hydrogens is 248 g/mol. The van der Waals surface area contributed by atoms with Gasteiger partial charge in [-0.3, -0.25) is 4.79 Å². The van der Waals surface area contributed by atoms with Crippen molar-refractivity contribution in [1.29, 1.82) is 0 Å². The first kappa shape index (κ1) is 13.4. The molecule has 18 heavy (non-hydrogen) atoms. The largest absolute Gasteiger partial charge is 0.370 e. The molecule has 0 spiro atoms. The summed E-state index contributed by atoms with van der Waals surface area (Å²) in [6.07, 6.45) is 1.39. The van der Waals surface area contributed by atoms with Crippen LogP contribution < -0.4 is 11.1 Å². The van der Waals surface area contributed by atoms with Crippen LogP contribution in [-0.4, -0.2) is 12.5 Å². The number of primary amides is 1. The Morgan fingerprint density at radius 1 is 1.56 bits per heavy atom. The molecule has 1 aromatic carbocycles. The maximum absolute atomic E-state index is 10.8. The van der Waals surface area contributed by atoms with Gasteiger partial charge < -0.3 is 11.1 Å². The van der Waals surface area contributed by atoms with E-state index in [1.54, 1.807) is 0 Å². The minimum Gasteiger partial charge on any atom is -0.370 e. The Morgan fingerprint density at radius 3 is 2.94 bits per heavy atom. The summed E-state index contributed by atoms with van der Waals surface area (Å²) >= 11 is 6.06. The van der Waals surface area contributed by atoms with Gasteiger partial charge in [-0.2, -0.15) is 0 Å². The van der Waals surface area contributed by atoms with E-state index in [0.717, 1.165) is 11.4 Å². The van der Waals surface area contributed by atoms with Crippen molar-refractivity contribution in [1.82, 2.24) is 5.32 Å². The first-order chi connectivity index (χ1) is 8.40. The van der Waals surface area contributed by atoms with Crippen LogP contribution in [0.15, 0.2) is 18.2 Å². The number of hydrogen-bond acceptors (Lipinski definition) is 2. The predicted molar refractivity (Wildman–Crippen MR) is 73.5 cm³/mol. The Balaban J connectivity index is 2.17. The molecule has 0 aromatic heterocycles. The lowest BCUT2D eigenvalue weighted by atomic mass is 9.85. The SMILES string of the molecule is CC1(C)Cc2ccc(Cl)cc2C1NCCC(N)=O. The minimum absolute atomic E-state index is 0.130. The van der Waals surface area contributed by atoms with Gasteiger partial charge in [0.2, 0.25) is 5.91 Å². The molecule has 0 heterocycles. The lowest BCUT2D eigenvalue weighted by Gasteiger charge is -2.28. The standard InChI is InChI=1S/C14H19ClN2O/c1-14(2)8-9-3-4-10(15)7-11(9)13(14)17-6-5-12(16)18/h3-4,7,13,17H,5-6,8H2,1-2H3,(H2,16,18). The average Bonchev–Trinajstić information content (AvgIpc) is 2.50. The third-order valence-electron chi connectivity index (χ3n) is 3.57. The zero-order valence-electron chi connectivity index (χ0n) is 10.8. The molecule has 0 bridgehead atoms. The van der Waals surface area contributed by atoms with Gasteiger partial charge >= 0.3 is 0 Å². The highest BCUT2D eigenvalue weighted by atomic mass is 35.5. The second kappa shape index (κ2) is 4.90. The van der Waals surface area contributed by atoms with Crippen LogP contribution in [0, 0.1) is 5.41 Å². The smallest absolute Gasteiger partial charge is 0.218 e. The van der Waals surface area contributed by atoms with Crippen molar-refractivity contribution < 1.29 is 4.79 Å². The number of nitrogens with one attached hydrogen (secondary N) is 1. The van der Waals surface area contributed by atoms with Gasteiger partial charge in [0.25, 0.3) is 0 Å². The molecule has 1 atom stereocenters. The van der Waals surface area contributed by atoms with E-state index in [1.165, 1.54) is 11.1 Å². The second-order valence-corrected chi connectivity index (χ2v) is 6.05. The van der Waals surface area contributed by atoms with Crippen LogP contribution in [0.4, 0.5) is 0 Å². The van der Waals surface area contributed by atoms with Crippen LogP contribution in [0.25, 0.3) is 0 Å². The Kier molecular flexibility index (Phi) is 3.64. The van der Waals surface area contributed by atoms with Gasteiger partial charge in [0.1, 0.15) is 0 Å². The summed E-state index contributed by atoms with van der Waals surface area (Å²) in [6.45, 7) is 5.06. The minimum atomic E-state index is -0.273. The Labute approximate surface area is 113 Å². The fourth-order valence-electron chi connectivity index (χ4n) is 2.74. The first-order valence-electron chi connectivity index (χ1n) is 6.20. The van der Waals surface area contributed by atoms with Crippen molar-refractivity contribution in [3.8, 4) is 0 Å². The highest BCUT2D eigenvalue weighted by Gasteiger charge is 2.38. The number of halogens is 1. The fourth-order valence-corrected chi connectivity index (χ4v) is 2.92. The van der Waals surface area contributed by atoms with Gasteiger partial charge in [0.15, 0.2) is 0 Å². The quantitative estimate of drug-likeness (QED) is 0.879. The molecule has 4 heteroatoms. The highest BCUT2D eigenvalue weighted by Crippen LogP contribution is 2.45. The maximum Gasteiger partial charge on any atom is 0.218 e. The van der Waals surface area contributed by atoms with Gasteiger partial charge in [-0.25, -0.2) is 0 Å². The molecule has 98 valence electrons. The van der Waals surface area contributed by atoms with Crippen molar-refractivity contribution in [2.45, 2.75) is 32.7 Å². The van der Waals surface area contributed by atoms with Crippen LogP contribution in [-0.2, 0) is 11.2 Å². The molecule has 3 N–H and O–H groups in total. The number of hydrogen-bond donors (Lipinski definition) is 2. The van der Waals surface area contributed by atoms with Gasteiger partial charge in [0.05, 0.1) is 0 Å². The summed E-state index contributed by atoms with van der Waals surface area (Å²) in [5.74, 6) is -0.273. The first-order valence-corrected chi connectivity index (χ1v) is 6.58. The molecule has 0 saturated carbocycles. The summed E-state index contributed by atoms with van der Waals surface area (Å²) in [5.41, 5.74) is 7.87. The van der Waals surface area contributed by atoms with Crippen LogP contribution >= 0.6 is 11.6 Å². The zero-order valence-corrected chi connectivity index (χ0v) is 11.6. The molecule has 0 saturated heterocycles. The molecule has 1 amide bonds. The lowest BCUT2D eigenvalue weighted by molar-refractivity contribution is -0.117. The van der Waals surface area contributed by atoms with Crippen molar-refractivity contribution in [2.24, 2.45) is 11.1 Å². The maximum atomic E-state index is 10.8. The van der Waals surface area contributed by atoms with Crippen LogP contribution in [0.5, 0.6) is 0 Å². The van der Waals surface area contributed by atoms with E-state index in [2.05, 4.69) is 25.2 Å². The van der Waals surface area contributed by atoms with E-state index in [9.17, 15) is 4.79 Å². The number of amides is 1. The third-order valence-corrected chi connectivity index (χ3v) is 3.80. The number of nitrogens with two attached hydrogens (primary N) is 1.